The first kappa shape index (κ1) is 14.4. The number of carbonyl (C=O) groups is 1. The minimum atomic E-state index is -0.446. The summed E-state index contributed by atoms with van der Waals surface area (Å²) >= 11 is 0. The fraction of sp³-hybridized carbons (Fsp3) is 0.917. The first-order valence-electron chi connectivity index (χ1n) is 6.20. The van der Waals surface area contributed by atoms with Crippen LogP contribution in [0.3, 0.4) is 0 Å². The standard InChI is InChI=1S/C12H24N2O3/c1-9(15)4-5-12(17)14-8-11(16)6-10(14)7-13(2)3/h9-11,15-16H,4-8H2,1-3H3. The first-order chi connectivity index (χ1) is 7.90. The van der Waals surface area contributed by atoms with Gasteiger partial charge in [-0.25, -0.2) is 0 Å². The Kier molecular flexibility index (Phi) is 5.36. The highest BCUT2D eigenvalue weighted by Crippen LogP contribution is 2.20. The minimum absolute atomic E-state index is 0.0364. The number of rotatable bonds is 5. The fourth-order valence-electron chi connectivity index (χ4n) is 2.27. The molecule has 0 bridgehead atoms. The third-order valence-corrected chi connectivity index (χ3v) is 3.06. The molecule has 1 aliphatic rings. The predicted octanol–water partition coefficient (Wildman–Crippen LogP) is -0.329. The number of likely N-dealkylation sites (tertiary alicyclic amines) is 1. The molecule has 1 rings (SSSR count). The second kappa shape index (κ2) is 6.33. The second-order valence-corrected chi connectivity index (χ2v) is 5.24. The van der Waals surface area contributed by atoms with Gasteiger partial charge >= 0.3 is 0 Å². The molecule has 0 aromatic carbocycles. The average Bonchev–Trinajstić information content (AvgIpc) is 2.54. The Morgan fingerprint density at radius 3 is 2.71 bits per heavy atom. The van der Waals surface area contributed by atoms with E-state index in [-0.39, 0.29) is 11.9 Å². The zero-order valence-corrected chi connectivity index (χ0v) is 11.0. The van der Waals surface area contributed by atoms with Crippen LogP contribution in [0.2, 0.25) is 0 Å². The quantitative estimate of drug-likeness (QED) is 0.695. The third-order valence-electron chi connectivity index (χ3n) is 3.06. The van der Waals surface area contributed by atoms with Gasteiger partial charge in [-0.05, 0) is 33.9 Å². The summed E-state index contributed by atoms with van der Waals surface area (Å²) in [7, 11) is 3.92. The van der Waals surface area contributed by atoms with Gasteiger partial charge in [0.15, 0.2) is 0 Å². The van der Waals surface area contributed by atoms with Crippen molar-refractivity contribution in [1.82, 2.24) is 9.80 Å². The summed E-state index contributed by atoms with van der Waals surface area (Å²) < 4.78 is 0. The normalized spacial score (nSPS) is 26.6. The van der Waals surface area contributed by atoms with E-state index in [4.69, 9.17) is 0 Å². The van der Waals surface area contributed by atoms with Gasteiger partial charge in [-0.1, -0.05) is 0 Å². The number of hydrogen-bond donors (Lipinski definition) is 2. The molecule has 3 unspecified atom stereocenters. The summed E-state index contributed by atoms with van der Waals surface area (Å²) in [5, 5.41) is 18.8. The van der Waals surface area contributed by atoms with Crippen LogP contribution in [0.25, 0.3) is 0 Å². The van der Waals surface area contributed by atoms with Crippen molar-refractivity contribution in [1.29, 1.82) is 0 Å². The lowest BCUT2D eigenvalue weighted by Gasteiger charge is -2.27. The van der Waals surface area contributed by atoms with Gasteiger partial charge in [0.2, 0.25) is 5.91 Å². The molecule has 0 radical (unpaired) electrons. The number of hydrogen-bond acceptors (Lipinski definition) is 4. The van der Waals surface area contributed by atoms with Crippen molar-refractivity contribution in [2.75, 3.05) is 27.2 Å². The molecule has 1 saturated heterocycles. The zero-order chi connectivity index (χ0) is 13.0. The molecule has 1 fully saturated rings. The molecular formula is C12H24N2O3. The Hall–Kier alpha value is -0.650. The average molecular weight is 244 g/mol. The molecule has 0 aromatic rings. The van der Waals surface area contributed by atoms with Crippen molar-refractivity contribution in [2.24, 2.45) is 0 Å². The van der Waals surface area contributed by atoms with Gasteiger partial charge in [0.1, 0.15) is 0 Å². The lowest BCUT2D eigenvalue weighted by Crippen LogP contribution is -2.41. The Bertz CT molecular complexity index is 256. The Morgan fingerprint density at radius 2 is 2.18 bits per heavy atom. The summed E-state index contributed by atoms with van der Waals surface area (Å²) in [6.07, 6.45) is 0.641. The number of β-amino-alcohol motifs (C(OH)–C–C–N with tert-alkyl or cyclic N) is 1. The molecule has 17 heavy (non-hydrogen) atoms. The van der Waals surface area contributed by atoms with Crippen LogP contribution in [0.5, 0.6) is 0 Å². The van der Waals surface area contributed by atoms with E-state index in [1.165, 1.54) is 0 Å². The number of aliphatic hydroxyl groups excluding tert-OH is 2. The van der Waals surface area contributed by atoms with E-state index < -0.39 is 12.2 Å². The summed E-state index contributed by atoms with van der Waals surface area (Å²) in [5.41, 5.74) is 0. The zero-order valence-electron chi connectivity index (χ0n) is 11.0. The molecule has 2 N–H and O–H groups in total. The second-order valence-electron chi connectivity index (χ2n) is 5.24. The highest BCUT2D eigenvalue weighted by molar-refractivity contribution is 5.77. The number of nitrogens with zero attached hydrogens (tertiary/aromatic N) is 2. The Balaban J connectivity index is 2.51. The molecule has 0 aliphatic carbocycles. The van der Waals surface area contributed by atoms with Crippen molar-refractivity contribution >= 4 is 5.91 Å². The molecule has 100 valence electrons. The SMILES string of the molecule is CC(O)CCC(=O)N1CC(O)CC1CN(C)C. The molecule has 5 nitrogen and oxygen atoms in total. The topological polar surface area (TPSA) is 64.0 Å². The van der Waals surface area contributed by atoms with Gasteiger partial charge in [-0.15, -0.1) is 0 Å². The van der Waals surface area contributed by atoms with Gasteiger partial charge in [-0.3, -0.25) is 4.79 Å². The number of likely N-dealkylation sites (N-methyl/N-ethyl adjacent to an activating group) is 1. The van der Waals surface area contributed by atoms with Crippen LogP contribution in [0.4, 0.5) is 0 Å². The van der Waals surface area contributed by atoms with Crippen molar-refractivity contribution in [3.05, 3.63) is 0 Å². The lowest BCUT2D eigenvalue weighted by molar-refractivity contribution is -0.133. The monoisotopic (exact) mass is 244 g/mol. The van der Waals surface area contributed by atoms with E-state index in [0.717, 1.165) is 6.54 Å². The summed E-state index contributed by atoms with van der Waals surface area (Å²) in [5.74, 6) is 0.0364. The molecule has 1 amide bonds. The molecule has 3 atom stereocenters. The van der Waals surface area contributed by atoms with E-state index in [2.05, 4.69) is 0 Å². The lowest BCUT2D eigenvalue weighted by atomic mass is 10.1. The van der Waals surface area contributed by atoms with Crippen LogP contribution in [0, 0.1) is 0 Å². The maximum absolute atomic E-state index is 12.0. The minimum Gasteiger partial charge on any atom is -0.393 e. The molecule has 0 saturated carbocycles. The molecule has 5 heteroatoms. The summed E-state index contributed by atoms with van der Waals surface area (Å²) in [6, 6.07) is 0.0986. The van der Waals surface area contributed by atoms with E-state index in [1.54, 1.807) is 11.8 Å². The first-order valence-corrected chi connectivity index (χ1v) is 6.20. The highest BCUT2D eigenvalue weighted by atomic mass is 16.3. The van der Waals surface area contributed by atoms with Crippen LogP contribution in [-0.4, -0.2) is 71.4 Å². The highest BCUT2D eigenvalue weighted by Gasteiger charge is 2.34. The van der Waals surface area contributed by atoms with Gasteiger partial charge in [0, 0.05) is 25.6 Å². The summed E-state index contributed by atoms with van der Waals surface area (Å²) in [4.78, 5) is 15.8. The van der Waals surface area contributed by atoms with Crippen molar-refractivity contribution < 1.29 is 15.0 Å². The van der Waals surface area contributed by atoms with E-state index in [9.17, 15) is 15.0 Å². The van der Waals surface area contributed by atoms with E-state index >= 15 is 0 Å². The fourth-order valence-corrected chi connectivity index (χ4v) is 2.27. The smallest absolute Gasteiger partial charge is 0.223 e. The maximum Gasteiger partial charge on any atom is 0.223 e. The van der Waals surface area contributed by atoms with Gasteiger partial charge in [-0.2, -0.15) is 0 Å². The van der Waals surface area contributed by atoms with Crippen molar-refractivity contribution in [2.45, 2.75) is 44.4 Å². The van der Waals surface area contributed by atoms with Gasteiger partial charge < -0.3 is 20.0 Å². The van der Waals surface area contributed by atoms with Crippen molar-refractivity contribution in [3.8, 4) is 0 Å². The number of aliphatic hydroxyl groups is 2. The third kappa shape index (κ3) is 4.61. The predicted molar refractivity (Wildman–Crippen MR) is 65.6 cm³/mol. The number of amides is 1. The van der Waals surface area contributed by atoms with Crippen LogP contribution in [-0.2, 0) is 4.79 Å². The summed E-state index contributed by atoms with van der Waals surface area (Å²) in [6.45, 7) is 2.89. The Labute approximate surface area is 103 Å². The largest absolute Gasteiger partial charge is 0.393 e. The molecular weight excluding hydrogens is 220 g/mol. The molecule has 1 heterocycles. The molecule has 0 aromatic heterocycles. The van der Waals surface area contributed by atoms with E-state index in [0.29, 0.717) is 25.8 Å². The maximum atomic E-state index is 12.0. The van der Waals surface area contributed by atoms with Crippen LogP contribution in [0.15, 0.2) is 0 Å². The van der Waals surface area contributed by atoms with Crippen molar-refractivity contribution in [3.63, 3.8) is 0 Å². The molecule has 0 spiro atoms. The van der Waals surface area contributed by atoms with Crippen LogP contribution in [0.1, 0.15) is 26.2 Å². The van der Waals surface area contributed by atoms with Gasteiger partial charge in [0.05, 0.1) is 12.2 Å². The number of carbonyl (C=O) groups excluding carboxylic acids is 1. The van der Waals surface area contributed by atoms with Gasteiger partial charge in [0.25, 0.3) is 0 Å². The van der Waals surface area contributed by atoms with Crippen LogP contribution < -0.4 is 0 Å². The molecule has 1 aliphatic heterocycles. The Morgan fingerprint density at radius 1 is 1.53 bits per heavy atom. The van der Waals surface area contributed by atoms with Crippen LogP contribution >= 0.6 is 0 Å². The van der Waals surface area contributed by atoms with E-state index in [1.807, 2.05) is 19.0 Å².